The zero-order valence-corrected chi connectivity index (χ0v) is 26.2. The van der Waals surface area contributed by atoms with Gasteiger partial charge >= 0.3 is 6.09 Å². The van der Waals surface area contributed by atoms with E-state index in [-0.39, 0.29) is 46.2 Å². The van der Waals surface area contributed by atoms with Gasteiger partial charge in [-0.2, -0.15) is 19.1 Å². The van der Waals surface area contributed by atoms with Crippen LogP contribution in [0.15, 0.2) is 67.0 Å². The Morgan fingerprint density at radius 1 is 1.11 bits per heavy atom. The molecule has 2 aromatic heterocycles. The van der Waals surface area contributed by atoms with Crippen LogP contribution in [0.3, 0.4) is 0 Å². The standard InChI is InChI=1S/C33H31F2N7O5/c1-19-18-41-28(25(17-38-41)39-29(44)20-6-11-26(43)21(14-20)16-36)30(45)42(19)24-9-7-22(8-10-24)33(34,35)23-12-13-37-27(15-23)40(5)31(46)47-32(2,3)4/h6-15,17,19,43H,18H2,1-5H3,(H,39,44)/t19-/m0/s1. The molecule has 0 spiro atoms. The molecule has 0 saturated carbocycles. The summed E-state index contributed by atoms with van der Waals surface area (Å²) in [6.07, 6.45) is 1.78. The number of phenols is 1. The minimum absolute atomic E-state index is 0.0174. The Kier molecular flexibility index (Phi) is 8.42. The van der Waals surface area contributed by atoms with Gasteiger partial charge in [0.1, 0.15) is 28.9 Å². The average Bonchev–Trinajstić information content (AvgIpc) is 3.42. The molecule has 5 rings (SSSR count). The van der Waals surface area contributed by atoms with Crippen LogP contribution >= 0.6 is 0 Å². The number of halogens is 2. The summed E-state index contributed by atoms with van der Waals surface area (Å²) in [4.78, 5) is 45.7. The number of phenolic OH excluding ortho intramolecular Hbond substituents is 1. The number of nitriles is 1. The summed E-state index contributed by atoms with van der Waals surface area (Å²) in [6.45, 7) is 7.11. The van der Waals surface area contributed by atoms with Crippen molar-refractivity contribution in [2.45, 2.75) is 51.8 Å². The van der Waals surface area contributed by atoms with Crippen LogP contribution in [0, 0.1) is 11.3 Å². The number of nitrogens with one attached hydrogen (secondary N) is 1. The lowest BCUT2D eigenvalue weighted by Crippen LogP contribution is -2.47. The van der Waals surface area contributed by atoms with E-state index in [0.717, 1.165) is 17.0 Å². The number of carbonyl (C=O) groups excluding carboxylic acids is 3. The summed E-state index contributed by atoms with van der Waals surface area (Å²) in [5, 5.41) is 25.8. The predicted molar refractivity (Wildman–Crippen MR) is 168 cm³/mol. The molecule has 2 aromatic carbocycles. The molecule has 47 heavy (non-hydrogen) atoms. The second-order valence-electron chi connectivity index (χ2n) is 12.0. The van der Waals surface area contributed by atoms with E-state index < -0.39 is 41.0 Å². The first-order chi connectivity index (χ1) is 22.1. The molecule has 14 heteroatoms. The molecule has 0 aliphatic carbocycles. The minimum atomic E-state index is -3.47. The number of benzene rings is 2. The van der Waals surface area contributed by atoms with Crippen molar-refractivity contribution in [1.82, 2.24) is 14.8 Å². The molecule has 2 N–H and O–H groups in total. The number of hydrogen-bond donors (Lipinski definition) is 2. The van der Waals surface area contributed by atoms with Crippen LogP contribution in [-0.2, 0) is 17.2 Å². The first kappa shape index (κ1) is 32.6. The molecule has 1 aliphatic heterocycles. The summed E-state index contributed by atoms with van der Waals surface area (Å²) in [6, 6.07) is 12.7. The van der Waals surface area contributed by atoms with Crippen molar-refractivity contribution in [1.29, 1.82) is 5.26 Å². The Balaban J connectivity index is 1.37. The van der Waals surface area contributed by atoms with Gasteiger partial charge in [-0.15, -0.1) is 0 Å². The smallest absolute Gasteiger partial charge is 0.415 e. The van der Waals surface area contributed by atoms with Crippen LogP contribution in [0.4, 0.5) is 30.8 Å². The largest absolute Gasteiger partial charge is 0.507 e. The van der Waals surface area contributed by atoms with Crippen LogP contribution in [0.1, 0.15) is 65.2 Å². The number of fused-ring (bicyclic) bond motifs is 1. The quantitative estimate of drug-likeness (QED) is 0.273. The first-order valence-electron chi connectivity index (χ1n) is 14.5. The fraction of sp³-hybridized carbons (Fsp3) is 0.273. The molecule has 0 radical (unpaired) electrons. The van der Waals surface area contributed by atoms with E-state index in [4.69, 9.17) is 10.00 Å². The maximum Gasteiger partial charge on any atom is 0.415 e. The lowest BCUT2D eigenvalue weighted by Gasteiger charge is -2.34. The Morgan fingerprint density at radius 3 is 2.47 bits per heavy atom. The van der Waals surface area contributed by atoms with Gasteiger partial charge in [0.05, 0.1) is 30.0 Å². The van der Waals surface area contributed by atoms with Gasteiger partial charge in [0.2, 0.25) is 0 Å². The van der Waals surface area contributed by atoms with Crippen molar-refractivity contribution in [3.05, 3.63) is 94.9 Å². The van der Waals surface area contributed by atoms with E-state index in [1.54, 1.807) is 33.8 Å². The van der Waals surface area contributed by atoms with Crippen molar-refractivity contribution in [2.75, 3.05) is 22.2 Å². The van der Waals surface area contributed by atoms with Crippen molar-refractivity contribution in [3.63, 3.8) is 0 Å². The molecule has 3 amide bonds. The molecule has 242 valence electrons. The lowest BCUT2D eigenvalue weighted by molar-refractivity contribution is 0.0425. The molecule has 1 aliphatic rings. The molecule has 3 heterocycles. The third-order valence-corrected chi connectivity index (χ3v) is 7.39. The van der Waals surface area contributed by atoms with E-state index in [2.05, 4.69) is 15.4 Å². The second-order valence-corrected chi connectivity index (χ2v) is 12.0. The summed E-state index contributed by atoms with van der Waals surface area (Å²) >= 11 is 0. The highest BCUT2D eigenvalue weighted by Gasteiger charge is 2.37. The molecule has 1 atom stereocenters. The third kappa shape index (κ3) is 6.46. The number of ether oxygens (including phenoxy) is 1. The fourth-order valence-electron chi connectivity index (χ4n) is 5.04. The highest BCUT2D eigenvalue weighted by atomic mass is 19.3. The Hall–Kier alpha value is -5.84. The summed E-state index contributed by atoms with van der Waals surface area (Å²) in [5.41, 5.74) is -0.969. The van der Waals surface area contributed by atoms with E-state index in [1.165, 1.54) is 71.5 Å². The topological polar surface area (TPSA) is 154 Å². The van der Waals surface area contributed by atoms with Gasteiger partial charge in [-0.05, 0) is 70.2 Å². The van der Waals surface area contributed by atoms with Crippen LogP contribution in [-0.4, -0.2) is 56.5 Å². The molecule has 0 fully saturated rings. The number of nitrogens with zero attached hydrogens (tertiary/aromatic N) is 6. The third-order valence-electron chi connectivity index (χ3n) is 7.39. The summed E-state index contributed by atoms with van der Waals surface area (Å²) in [7, 11) is 1.38. The Morgan fingerprint density at radius 2 is 1.81 bits per heavy atom. The molecule has 0 saturated heterocycles. The van der Waals surface area contributed by atoms with Crippen molar-refractivity contribution in [2.24, 2.45) is 0 Å². The van der Waals surface area contributed by atoms with Crippen molar-refractivity contribution < 1.29 is 33.0 Å². The minimum Gasteiger partial charge on any atom is -0.507 e. The maximum absolute atomic E-state index is 15.7. The van der Waals surface area contributed by atoms with Gasteiger partial charge in [-0.3, -0.25) is 19.2 Å². The fourth-order valence-corrected chi connectivity index (χ4v) is 5.04. The van der Waals surface area contributed by atoms with Gasteiger partial charge in [0.15, 0.2) is 0 Å². The van der Waals surface area contributed by atoms with E-state index >= 15 is 8.78 Å². The Labute approximate surface area is 268 Å². The molecular weight excluding hydrogens is 612 g/mol. The first-order valence-corrected chi connectivity index (χ1v) is 14.5. The van der Waals surface area contributed by atoms with Gasteiger partial charge in [-0.1, -0.05) is 12.1 Å². The summed E-state index contributed by atoms with van der Waals surface area (Å²) < 4.78 is 38.3. The normalized spacial score (nSPS) is 14.6. The van der Waals surface area contributed by atoms with E-state index in [0.29, 0.717) is 5.69 Å². The number of amides is 3. The van der Waals surface area contributed by atoms with Gasteiger partial charge in [0.25, 0.3) is 17.7 Å². The SMILES string of the molecule is C[C@H]1Cn2ncc(NC(=O)c3ccc(O)c(C#N)c3)c2C(=O)N1c1ccc(C(F)(F)c2ccnc(N(C)C(=O)OC(C)(C)C)c2)cc1. The molecule has 0 unspecified atom stereocenters. The van der Waals surface area contributed by atoms with Crippen molar-refractivity contribution in [3.8, 4) is 11.8 Å². The van der Waals surface area contributed by atoms with Gasteiger partial charge < -0.3 is 20.1 Å². The highest BCUT2D eigenvalue weighted by molar-refractivity contribution is 6.13. The number of aromatic hydroxyl groups is 1. The maximum atomic E-state index is 15.7. The Bertz CT molecular complexity index is 1910. The number of rotatable bonds is 6. The lowest BCUT2D eigenvalue weighted by atomic mass is 10.00. The average molecular weight is 644 g/mol. The monoisotopic (exact) mass is 643 g/mol. The number of hydrogen-bond acceptors (Lipinski definition) is 8. The highest BCUT2D eigenvalue weighted by Crippen LogP contribution is 2.38. The van der Waals surface area contributed by atoms with E-state index in [1.807, 2.05) is 0 Å². The molecule has 4 aromatic rings. The summed E-state index contributed by atoms with van der Waals surface area (Å²) in [5.74, 6) is -4.90. The second kappa shape index (κ2) is 12.2. The van der Waals surface area contributed by atoms with Gasteiger partial charge in [-0.25, -0.2) is 9.78 Å². The molecule has 12 nitrogen and oxygen atoms in total. The van der Waals surface area contributed by atoms with Crippen LogP contribution < -0.4 is 15.1 Å². The number of aromatic nitrogens is 3. The predicted octanol–water partition coefficient (Wildman–Crippen LogP) is 5.67. The van der Waals surface area contributed by atoms with E-state index in [9.17, 15) is 19.5 Å². The zero-order valence-electron chi connectivity index (χ0n) is 26.2. The van der Waals surface area contributed by atoms with Crippen LogP contribution in [0.25, 0.3) is 0 Å². The number of anilines is 3. The van der Waals surface area contributed by atoms with Gasteiger partial charge in [0, 0.05) is 35.6 Å². The number of alkyl halides is 2. The molecular formula is C33H31F2N7O5. The van der Waals surface area contributed by atoms with Crippen LogP contribution in [0.5, 0.6) is 5.75 Å². The number of carbonyl (C=O) groups is 3. The number of pyridine rings is 1. The molecule has 0 bridgehead atoms. The van der Waals surface area contributed by atoms with Crippen molar-refractivity contribution >= 4 is 35.1 Å². The zero-order chi connectivity index (χ0) is 34.3. The van der Waals surface area contributed by atoms with Crippen LogP contribution in [0.2, 0.25) is 0 Å².